The highest BCUT2D eigenvalue weighted by molar-refractivity contribution is 7.91. The first kappa shape index (κ1) is 27.5. The minimum Gasteiger partial charge on any atom is -0.494 e. The molecular formula is C35H46ClN5O9S. The molecule has 1 saturated heterocycles. The Bertz CT molecular complexity index is 2140. The normalized spacial score (nSPS) is 27.3. The molecule has 2 aromatic rings. The Labute approximate surface area is 315 Å². The highest BCUT2D eigenvalue weighted by Gasteiger charge is 2.62. The van der Waals surface area contributed by atoms with E-state index in [1.54, 1.807) is 18.2 Å². The number of sulfonamides is 1. The fraction of sp³-hybridized carbons (Fsp3) is 0.571. The number of ether oxygens (including phenoxy) is 3. The molecule has 1 aromatic heterocycles. The molecular weight excluding hydrogens is 702 g/mol. The van der Waals surface area contributed by atoms with Crippen LogP contribution in [0.25, 0.3) is 10.8 Å². The van der Waals surface area contributed by atoms with Gasteiger partial charge in [-0.2, -0.15) is 0 Å². The van der Waals surface area contributed by atoms with E-state index in [1.807, 2.05) is 0 Å². The molecule has 0 bridgehead atoms. The van der Waals surface area contributed by atoms with Crippen molar-refractivity contribution in [1.29, 1.82) is 0 Å². The molecule has 5 atom stereocenters. The van der Waals surface area contributed by atoms with E-state index in [0.29, 0.717) is 34.4 Å². The molecule has 0 spiro atoms. The molecule has 2 aliphatic carbocycles. The van der Waals surface area contributed by atoms with Crippen molar-refractivity contribution in [1.82, 2.24) is 25.2 Å². The first-order chi connectivity index (χ1) is 27.4. The smallest absolute Gasteiger partial charge is 0.408 e. The number of amides is 4. The van der Waals surface area contributed by atoms with Gasteiger partial charge in [0.05, 0.1) is 25.1 Å². The number of nitrogens with one attached hydrogen (secondary N) is 3. The van der Waals surface area contributed by atoms with E-state index < -0.39 is 100 Å². The second-order valence-electron chi connectivity index (χ2n) is 14.0. The fourth-order valence-electron chi connectivity index (χ4n) is 6.07. The summed E-state index contributed by atoms with van der Waals surface area (Å²) in [6.45, 7) is -4.03. The molecule has 51 heavy (non-hydrogen) atoms. The standard InChI is InChI=1S/C35H46ClN5O9S/c1-9-19-16-35(19,31(44)40-51(46,47)22-11-12-22)39-28(42)25-15-21(49-29-24-14-20(36)10-13-23(24)26(48-8)17-37-29)18-41(25)30(43)27(33(2,3)4)38-32(45)50-34(5,6)7/h9-10,13-14,17,19,21-22,25,27H,1,11-12,15-16,18H2,2-8H3,(H,38,45)(H,39,42)(H,40,44)/t19-,21-,25+,27-,35-/m1/s1/i5D3,6D3,7D3. The third kappa shape index (κ3) is 8.35. The van der Waals surface area contributed by atoms with Crippen LogP contribution in [0.15, 0.2) is 37.1 Å². The second kappa shape index (κ2) is 13.8. The zero-order valence-electron chi connectivity index (χ0n) is 37.4. The Morgan fingerprint density at radius 2 is 1.88 bits per heavy atom. The number of alkyl carbamates (subject to hydrolysis) is 1. The van der Waals surface area contributed by atoms with Gasteiger partial charge < -0.3 is 29.7 Å². The van der Waals surface area contributed by atoms with Crippen LogP contribution in [-0.4, -0.2) is 90.3 Å². The highest BCUT2D eigenvalue weighted by Crippen LogP contribution is 2.45. The van der Waals surface area contributed by atoms with E-state index in [9.17, 15) is 27.6 Å². The van der Waals surface area contributed by atoms with Gasteiger partial charge in [0.2, 0.25) is 27.7 Å². The van der Waals surface area contributed by atoms with Gasteiger partial charge in [-0.05, 0) is 63.4 Å². The Hall–Kier alpha value is -4.11. The Morgan fingerprint density at radius 1 is 1.18 bits per heavy atom. The lowest BCUT2D eigenvalue weighted by Crippen LogP contribution is -2.60. The summed E-state index contributed by atoms with van der Waals surface area (Å²) in [6.07, 6.45) is 0.308. The number of rotatable bonds is 11. The van der Waals surface area contributed by atoms with E-state index in [4.69, 9.17) is 38.1 Å². The van der Waals surface area contributed by atoms with E-state index >= 15 is 0 Å². The predicted octanol–water partition coefficient (Wildman–Crippen LogP) is 3.85. The number of pyridine rings is 1. The van der Waals surface area contributed by atoms with Crippen LogP contribution in [0.4, 0.5) is 4.79 Å². The summed E-state index contributed by atoms with van der Waals surface area (Å²) in [5, 5.41) is 5.31. The lowest BCUT2D eigenvalue weighted by Gasteiger charge is -2.36. The minimum atomic E-state index is -4.04. The van der Waals surface area contributed by atoms with Crippen molar-refractivity contribution in [3.63, 3.8) is 0 Å². The van der Waals surface area contributed by atoms with Crippen LogP contribution < -0.4 is 24.8 Å². The highest BCUT2D eigenvalue weighted by atomic mass is 35.5. The molecule has 16 heteroatoms. The molecule has 1 aliphatic heterocycles. The van der Waals surface area contributed by atoms with Gasteiger partial charge in [0.1, 0.15) is 35.1 Å². The Kier molecular flexibility index (Phi) is 7.44. The van der Waals surface area contributed by atoms with Crippen LogP contribution in [0.1, 0.15) is 79.3 Å². The number of aromatic nitrogens is 1. The number of likely N-dealkylation sites (tertiary alicyclic amines) is 1. The summed E-state index contributed by atoms with van der Waals surface area (Å²) in [5.74, 6) is -3.20. The number of hydrogen-bond donors (Lipinski definition) is 3. The molecule has 1 aromatic carbocycles. The van der Waals surface area contributed by atoms with Crippen LogP contribution in [0.5, 0.6) is 11.6 Å². The van der Waals surface area contributed by atoms with Crippen LogP contribution in [-0.2, 0) is 29.1 Å². The van der Waals surface area contributed by atoms with Crippen molar-refractivity contribution in [2.75, 3.05) is 13.7 Å². The zero-order valence-corrected chi connectivity index (χ0v) is 29.9. The van der Waals surface area contributed by atoms with Crippen molar-refractivity contribution in [3.05, 3.63) is 42.1 Å². The maximum atomic E-state index is 14.7. The van der Waals surface area contributed by atoms with Crippen LogP contribution in [0, 0.1) is 11.3 Å². The molecule has 278 valence electrons. The largest absolute Gasteiger partial charge is 0.494 e. The molecule has 3 fully saturated rings. The Morgan fingerprint density at radius 3 is 2.47 bits per heavy atom. The molecule has 0 unspecified atom stereocenters. The maximum Gasteiger partial charge on any atom is 0.408 e. The van der Waals surface area contributed by atoms with Gasteiger partial charge in [-0.1, -0.05) is 38.4 Å². The van der Waals surface area contributed by atoms with Crippen molar-refractivity contribution >= 4 is 56.2 Å². The van der Waals surface area contributed by atoms with Gasteiger partial charge in [0, 0.05) is 40.5 Å². The minimum absolute atomic E-state index is 0.0202. The molecule has 0 radical (unpaired) electrons. The lowest BCUT2D eigenvalue weighted by molar-refractivity contribution is -0.143. The van der Waals surface area contributed by atoms with E-state index in [1.165, 1.54) is 40.2 Å². The number of halogens is 1. The van der Waals surface area contributed by atoms with Gasteiger partial charge in [0.15, 0.2) is 0 Å². The van der Waals surface area contributed by atoms with Crippen LogP contribution >= 0.6 is 11.6 Å². The molecule has 5 rings (SSSR count). The third-order valence-electron chi connectivity index (χ3n) is 8.99. The first-order valence-corrected chi connectivity index (χ1v) is 18.0. The van der Waals surface area contributed by atoms with Crippen molar-refractivity contribution < 1.29 is 54.1 Å². The summed E-state index contributed by atoms with van der Waals surface area (Å²) in [4.78, 5) is 61.5. The summed E-state index contributed by atoms with van der Waals surface area (Å²) in [5.41, 5.74) is -7.10. The van der Waals surface area contributed by atoms with Gasteiger partial charge in [-0.3, -0.25) is 19.1 Å². The number of carbonyl (C=O) groups is 4. The Balaban J connectivity index is 1.51. The van der Waals surface area contributed by atoms with E-state index in [0.717, 1.165) is 4.90 Å². The van der Waals surface area contributed by atoms with Crippen molar-refractivity contribution in [3.8, 4) is 11.6 Å². The van der Waals surface area contributed by atoms with E-state index in [-0.39, 0.29) is 25.3 Å². The SMILES string of the molecule is [2H]C([2H])([2H])C(OC(=O)N[C@H](C(=O)N1C[C@H](Oc2ncc(OC)c3ccc(Cl)cc23)C[C@H]1C(=O)N[C@]1(C(=O)NS(=O)(=O)C2CC2)C[C@H]1C=C)C(C)(C)C)(C([2H])([2H])[2H])C([2H])([2H])[2H]. The summed E-state index contributed by atoms with van der Waals surface area (Å²) >= 11 is 6.30. The first-order valence-electron chi connectivity index (χ1n) is 20.5. The number of hydrogen-bond acceptors (Lipinski definition) is 10. The quantitative estimate of drug-likeness (QED) is 0.285. The van der Waals surface area contributed by atoms with Crippen molar-refractivity contribution in [2.45, 2.75) is 102 Å². The predicted molar refractivity (Wildman–Crippen MR) is 190 cm³/mol. The molecule has 2 saturated carbocycles. The molecule has 2 heterocycles. The number of carbonyl (C=O) groups excluding carboxylic acids is 4. The molecule has 3 N–H and O–H groups in total. The summed E-state index contributed by atoms with van der Waals surface area (Å²) < 4.78 is 115. The van der Waals surface area contributed by atoms with Crippen molar-refractivity contribution in [2.24, 2.45) is 11.3 Å². The maximum absolute atomic E-state index is 14.7. The average Bonchev–Trinajstić information content (AvgIpc) is 4.04. The number of fused-ring (bicyclic) bond motifs is 1. The second-order valence-corrected chi connectivity index (χ2v) is 16.4. The monoisotopic (exact) mass is 756 g/mol. The van der Waals surface area contributed by atoms with E-state index in [2.05, 4.69) is 26.9 Å². The topological polar surface area (TPSA) is 182 Å². The lowest BCUT2D eigenvalue weighted by atomic mass is 9.85. The van der Waals surface area contributed by atoms with Crippen LogP contribution in [0.3, 0.4) is 0 Å². The number of methoxy groups -OCH3 is 1. The van der Waals surface area contributed by atoms with Gasteiger partial charge in [-0.25, -0.2) is 18.2 Å². The van der Waals surface area contributed by atoms with Crippen LogP contribution in [0.2, 0.25) is 5.02 Å². The molecule has 14 nitrogen and oxygen atoms in total. The fourth-order valence-corrected chi connectivity index (χ4v) is 7.61. The number of benzene rings is 1. The summed E-state index contributed by atoms with van der Waals surface area (Å²) in [7, 11) is -2.61. The van der Waals surface area contributed by atoms with Gasteiger partial charge in [-0.15, -0.1) is 6.58 Å². The zero-order chi connectivity index (χ0) is 45.2. The van der Waals surface area contributed by atoms with Gasteiger partial charge >= 0.3 is 6.09 Å². The molecule has 3 aliphatic rings. The average molecular weight is 757 g/mol. The molecule has 4 amide bonds. The third-order valence-corrected chi connectivity index (χ3v) is 11.0. The number of nitrogens with zero attached hydrogens (tertiary/aromatic N) is 2. The summed E-state index contributed by atoms with van der Waals surface area (Å²) in [6, 6.07) is 1.62. The van der Waals surface area contributed by atoms with Gasteiger partial charge in [0.25, 0.3) is 5.91 Å².